The van der Waals surface area contributed by atoms with Crippen molar-refractivity contribution >= 4 is 5.57 Å². The molecule has 1 rings (SSSR count). The van der Waals surface area contributed by atoms with Gasteiger partial charge in [-0.2, -0.15) is 10.5 Å². The van der Waals surface area contributed by atoms with Crippen molar-refractivity contribution in [3.8, 4) is 12.1 Å². The third-order valence-corrected chi connectivity index (χ3v) is 2.58. The summed E-state index contributed by atoms with van der Waals surface area (Å²) in [5.74, 6) is 0.238. The average molecular weight is 222 g/mol. The number of benzene rings is 1. The van der Waals surface area contributed by atoms with Crippen molar-refractivity contribution in [1.29, 1.82) is 10.5 Å². The summed E-state index contributed by atoms with van der Waals surface area (Å²) in [6.07, 6.45) is 2.49. The maximum absolute atomic E-state index is 8.99. The van der Waals surface area contributed by atoms with E-state index >= 15 is 0 Å². The molecule has 84 valence electrons. The van der Waals surface area contributed by atoms with Crippen LogP contribution < -0.4 is 0 Å². The van der Waals surface area contributed by atoms with Gasteiger partial charge in [-0.05, 0) is 23.5 Å². The molecule has 0 aliphatic heterocycles. The molecule has 2 heteroatoms. The van der Waals surface area contributed by atoms with Crippen molar-refractivity contribution in [2.45, 2.75) is 13.3 Å². The van der Waals surface area contributed by atoms with Gasteiger partial charge in [-0.1, -0.05) is 43.3 Å². The average Bonchev–Trinajstić information content (AvgIpc) is 2.39. The first-order valence-electron chi connectivity index (χ1n) is 5.44. The summed E-state index contributed by atoms with van der Waals surface area (Å²) in [5.41, 5.74) is 1.91. The monoisotopic (exact) mass is 222 g/mol. The normalized spacial score (nSPS) is 10.8. The highest BCUT2D eigenvalue weighted by atomic mass is 14.3. The van der Waals surface area contributed by atoms with Gasteiger partial charge in [0.05, 0.1) is 0 Å². The quantitative estimate of drug-likeness (QED) is 0.576. The second-order valence-electron chi connectivity index (χ2n) is 3.86. The molecule has 0 aliphatic rings. The van der Waals surface area contributed by atoms with E-state index in [9.17, 15) is 0 Å². The van der Waals surface area contributed by atoms with Gasteiger partial charge >= 0.3 is 0 Å². The van der Waals surface area contributed by atoms with Crippen molar-refractivity contribution in [3.63, 3.8) is 0 Å². The van der Waals surface area contributed by atoms with Crippen LogP contribution in [0.2, 0.25) is 0 Å². The topological polar surface area (TPSA) is 47.6 Å². The molecule has 1 aromatic carbocycles. The minimum Gasteiger partial charge on any atom is -0.192 e. The number of hydrogen-bond acceptors (Lipinski definition) is 2. The summed E-state index contributed by atoms with van der Waals surface area (Å²) in [7, 11) is 0. The molecule has 0 amide bonds. The van der Waals surface area contributed by atoms with E-state index in [-0.39, 0.29) is 11.5 Å². The zero-order valence-electron chi connectivity index (χ0n) is 9.85. The molecule has 0 saturated heterocycles. The summed E-state index contributed by atoms with van der Waals surface area (Å²) < 4.78 is 0. The second-order valence-corrected chi connectivity index (χ2v) is 3.86. The Balaban J connectivity index is 3.23. The molecule has 0 aromatic heterocycles. The second kappa shape index (κ2) is 6.30. The summed E-state index contributed by atoms with van der Waals surface area (Å²) >= 11 is 0. The molecule has 0 heterocycles. The predicted molar refractivity (Wildman–Crippen MR) is 68.6 cm³/mol. The van der Waals surface area contributed by atoms with Crippen LogP contribution in [0.3, 0.4) is 0 Å². The molecule has 0 saturated carbocycles. The lowest BCUT2D eigenvalue weighted by Gasteiger charge is -2.11. The van der Waals surface area contributed by atoms with Crippen molar-refractivity contribution in [3.05, 3.63) is 54.1 Å². The highest BCUT2D eigenvalue weighted by Crippen LogP contribution is 2.26. The summed E-state index contributed by atoms with van der Waals surface area (Å²) in [5, 5.41) is 18.0. The van der Waals surface area contributed by atoms with Gasteiger partial charge in [0.15, 0.2) is 0 Å². The Bertz CT molecular complexity index is 482. The van der Waals surface area contributed by atoms with Crippen molar-refractivity contribution in [2.75, 3.05) is 0 Å². The highest BCUT2D eigenvalue weighted by Gasteiger charge is 2.11. The van der Waals surface area contributed by atoms with Gasteiger partial charge in [-0.15, -0.1) is 6.58 Å². The van der Waals surface area contributed by atoms with Crippen LogP contribution in [0.4, 0.5) is 0 Å². The maximum atomic E-state index is 8.99. The molecule has 0 radical (unpaired) electrons. The van der Waals surface area contributed by atoms with E-state index in [4.69, 9.17) is 10.5 Å². The first-order chi connectivity index (χ1) is 8.22. The smallest absolute Gasteiger partial charge is 0.133 e. The van der Waals surface area contributed by atoms with Crippen LogP contribution in [0.5, 0.6) is 0 Å². The van der Waals surface area contributed by atoms with E-state index in [1.807, 2.05) is 55.5 Å². The Morgan fingerprint density at radius 2 is 1.88 bits per heavy atom. The van der Waals surface area contributed by atoms with E-state index < -0.39 is 0 Å². The number of nitrogens with zero attached hydrogens (tertiary/aromatic N) is 2. The summed E-state index contributed by atoms with van der Waals surface area (Å²) in [6.45, 7) is 5.75. The molecule has 1 aromatic rings. The van der Waals surface area contributed by atoms with E-state index in [1.54, 1.807) is 0 Å². The van der Waals surface area contributed by atoms with Crippen LogP contribution >= 0.6 is 0 Å². The van der Waals surface area contributed by atoms with E-state index in [1.165, 1.54) is 0 Å². The van der Waals surface area contributed by atoms with Crippen LogP contribution in [0, 0.1) is 28.6 Å². The molecule has 2 nitrogen and oxygen atoms in total. The summed E-state index contributed by atoms with van der Waals surface area (Å²) in [6, 6.07) is 13.5. The SMILES string of the molecule is C=CC(C)CC(=C(C#N)C#N)c1ccccc1. The standard InChI is InChI=1S/C15H14N2/c1-3-12(2)9-15(14(10-16)11-17)13-7-5-4-6-8-13/h3-8,12H,1,9H2,2H3. The lowest BCUT2D eigenvalue weighted by Crippen LogP contribution is -1.96. The zero-order valence-corrected chi connectivity index (χ0v) is 9.85. The predicted octanol–water partition coefficient (Wildman–Crippen LogP) is 3.70. The van der Waals surface area contributed by atoms with Crippen LogP contribution in [0.25, 0.3) is 5.57 Å². The molecule has 0 spiro atoms. The van der Waals surface area contributed by atoms with Gasteiger partial charge in [0.25, 0.3) is 0 Å². The lowest BCUT2D eigenvalue weighted by atomic mass is 9.92. The minimum atomic E-state index is 0.185. The highest BCUT2D eigenvalue weighted by molar-refractivity contribution is 5.75. The molecule has 1 atom stereocenters. The third-order valence-electron chi connectivity index (χ3n) is 2.58. The Hall–Kier alpha value is -2.32. The maximum Gasteiger partial charge on any atom is 0.133 e. The van der Waals surface area contributed by atoms with Gasteiger partial charge in [0.2, 0.25) is 0 Å². The zero-order chi connectivity index (χ0) is 12.7. The first-order valence-corrected chi connectivity index (χ1v) is 5.44. The van der Waals surface area contributed by atoms with Gasteiger partial charge in [0, 0.05) is 0 Å². The van der Waals surface area contributed by atoms with E-state index in [2.05, 4.69) is 6.58 Å². The van der Waals surface area contributed by atoms with E-state index in [0.717, 1.165) is 11.1 Å². The third kappa shape index (κ3) is 3.33. The summed E-state index contributed by atoms with van der Waals surface area (Å²) in [4.78, 5) is 0. The fourth-order valence-corrected chi connectivity index (χ4v) is 1.57. The van der Waals surface area contributed by atoms with Crippen LogP contribution in [-0.2, 0) is 0 Å². The van der Waals surface area contributed by atoms with Gasteiger partial charge in [-0.3, -0.25) is 0 Å². The molecule has 0 aliphatic carbocycles. The molecular formula is C15H14N2. The first kappa shape index (κ1) is 12.7. The van der Waals surface area contributed by atoms with Crippen LogP contribution in [0.15, 0.2) is 48.6 Å². The van der Waals surface area contributed by atoms with Crippen molar-refractivity contribution in [1.82, 2.24) is 0 Å². The molecular weight excluding hydrogens is 208 g/mol. The molecule has 0 N–H and O–H groups in total. The molecule has 1 unspecified atom stereocenters. The van der Waals surface area contributed by atoms with E-state index in [0.29, 0.717) is 6.42 Å². The Kier molecular flexibility index (Phi) is 4.73. The Labute approximate surface area is 102 Å². The number of rotatable bonds is 4. The van der Waals surface area contributed by atoms with Gasteiger partial charge in [-0.25, -0.2) is 0 Å². The molecule has 17 heavy (non-hydrogen) atoms. The number of nitriles is 2. The Morgan fingerprint density at radius 1 is 1.29 bits per heavy atom. The number of allylic oxidation sites excluding steroid dienone is 3. The van der Waals surface area contributed by atoms with Crippen LogP contribution in [0.1, 0.15) is 18.9 Å². The Morgan fingerprint density at radius 3 is 2.35 bits per heavy atom. The lowest BCUT2D eigenvalue weighted by molar-refractivity contribution is 0.757. The van der Waals surface area contributed by atoms with Crippen LogP contribution in [-0.4, -0.2) is 0 Å². The fourth-order valence-electron chi connectivity index (χ4n) is 1.57. The van der Waals surface area contributed by atoms with Gasteiger partial charge in [0.1, 0.15) is 17.7 Å². The number of hydrogen-bond donors (Lipinski definition) is 0. The molecule has 0 bridgehead atoms. The fraction of sp³-hybridized carbons (Fsp3) is 0.200. The van der Waals surface area contributed by atoms with Gasteiger partial charge < -0.3 is 0 Å². The van der Waals surface area contributed by atoms with Crippen molar-refractivity contribution in [2.24, 2.45) is 5.92 Å². The minimum absolute atomic E-state index is 0.185. The molecule has 0 fully saturated rings. The largest absolute Gasteiger partial charge is 0.192 e. The van der Waals surface area contributed by atoms with Crippen molar-refractivity contribution < 1.29 is 0 Å².